The molecule has 4 nitrogen and oxygen atoms in total. The molecule has 1 heterocycles. The van der Waals surface area contributed by atoms with Crippen molar-refractivity contribution in [3.05, 3.63) is 23.8 Å². The molecule has 1 aliphatic rings. The number of hydrogen-bond donors (Lipinski definition) is 2. The molecule has 2 rings (SSSR count). The lowest BCUT2D eigenvalue weighted by Crippen LogP contribution is -2.36. The molecule has 1 unspecified atom stereocenters. The minimum atomic E-state index is -3.13. The van der Waals surface area contributed by atoms with Gasteiger partial charge in [0, 0.05) is 6.04 Å². The Morgan fingerprint density at radius 3 is 2.94 bits per heavy atom. The Balaban J connectivity index is 2.32. The lowest BCUT2D eigenvalue weighted by molar-refractivity contribution is 0.575. The van der Waals surface area contributed by atoms with E-state index in [1.807, 2.05) is 26.1 Å². The van der Waals surface area contributed by atoms with Crippen molar-refractivity contribution in [1.82, 2.24) is 5.32 Å². The Hall–Kier alpha value is -1.07. The van der Waals surface area contributed by atoms with E-state index in [2.05, 4.69) is 10.6 Å². The number of hydrogen-bond acceptors (Lipinski definition) is 4. The molecule has 0 saturated carbocycles. The number of rotatable bonds is 3. The summed E-state index contributed by atoms with van der Waals surface area (Å²) in [5.41, 5.74) is 1.82. The number of nitrogens with one attached hydrogen (secondary N) is 2. The molecule has 0 radical (unpaired) electrons. The number of sulfone groups is 1. The molecule has 0 spiro atoms. The van der Waals surface area contributed by atoms with E-state index in [1.54, 1.807) is 6.07 Å². The van der Waals surface area contributed by atoms with E-state index in [0.29, 0.717) is 4.90 Å². The van der Waals surface area contributed by atoms with Gasteiger partial charge >= 0.3 is 0 Å². The smallest absolute Gasteiger partial charge is 0.182 e. The zero-order chi connectivity index (χ0) is 12.5. The Morgan fingerprint density at radius 2 is 2.24 bits per heavy atom. The Kier molecular flexibility index (Phi) is 3.40. The van der Waals surface area contributed by atoms with E-state index in [1.165, 1.54) is 0 Å². The summed E-state index contributed by atoms with van der Waals surface area (Å²) in [5.74, 6) is 0.185. The van der Waals surface area contributed by atoms with Crippen molar-refractivity contribution in [1.29, 1.82) is 0 Å². The van der Waals surface area contributed by atoms with Gasteiger partial charge in [0.1, 0.15) is 0 Å². The van der Waals surface area contributed by atoms with Crippen LogP contribution in [0.25, 0.3) is 0 Å². The van der Waals surface area contributed by atoms with E-state index >= 15 is 0 Å². The molecule has 0 amide bonds. The standard InChI is InChI=1S/C12H18N2O2S/c1-9-3-4-12-11(7-9)14-10(5-6-13-2)8-17(12,15)16/h3-4,7,10,13-14H,5-6,8H2,1-2H3. The van der Waals surface area contributed by atoms with Crippen molar-refractivity contribution >= 4 is 15.5 Å². The monoisotopic (exact) mass is 254 g/mol. The van der Waals surface area contributed by atoms with Crippen LogP contribution in [-0.4, -0.2) is 33.8 Å². The van der Waals surface area contributed by atoms with Gasteiger partial charge in [-0.15, -0.1) is 0 Å². The fourth-order valence-electron chi connectivity index (χ4n) is 2.12. The molecular weight excluding hydrogens is 236 g/mol. The van der Waals surface area contributed by atoms with Crippen molar-refractivity contribution in [2.45, 2.75) is 24.3 Å². The van der Waals surface area contributed by atoms with Gasteiger partial charge in [0.05, 0.1) is 16.3 Å². The summed E-state index contributed by atoms with van der Waals surface area (Å²) in [6, 6.07) is 5.44. The van der Waals surface area contributed by atoms with Crippen molar-refractivity contribution < 1.29 is 8.42 Å². The van der Waals surface area contributed by atoms with Crippen LogP contribution < -0.4 is 10.6 Å². The first kappa shape index (κ1) is 12.4. The van der Waals surface area contributed by atoms with E-state index in [-0.39, 0.29) is 11.8 Å². The Bertz CT molecular complexity index is 511. The minimum absolute atomic E-state index is 0.00162. The van der Waals surface area contributed by atoms with Crippen LogP contribution in [0.1, 0.15) is 12.0 Å². The van der Waals surface area contributed by atoms with Gasteiger partial charge in [-0.25, -0.2) is 8.42 Å². The highest BCUT2D eigenvalue weighted by molar-refractivity contribution is 7.91. The largest absolute Gasteiger partial charge is 0.380 e. The maximum Gasteiger partial charge on any atom is 0.182 e. The van der Waals surface area contributed by atoms with Gasteiger partial charge in [0.2, 0.25) is 0 Å². The summed E-state index contributed by atoms with van der Waals surface area (Å²) in [5, 5.41) is 6.35. The van der Waals surface area contributed by atoms with Crippen LogP contribution in [0.4, 0.5) is 5.69 Å². The lowest BCUT2D eigenvalue weighted by Gasteiger charge is -2.27. The maximum absolute atomic E-state index is 12.1. The first-order valence-electron chi connectivity index (χ1n) is 5.77. The van der Waals surface area contributed by atoms with Gasteiger partial charge in [0.15, 0.2) is 9.84 Å². The minimum Gasteiger partial charge on any atom is -0.380 e. The van der Waals surface area contributed by atoms with Crippen molar-refractivity contribution in [3.63, 3.8) is 0 Å². The highest BCUT2D eigenvalue weighted by atomic mass is 32.2. The Morgan fingerprint density at radius 1 is 1.47 bits per heavy atom. The van der Waals surface area contributed by atoms with Crippen LogP contribution in [0, 0.1) is 6.92 Å². The number of aryl methyl sites for hydroxylation is 1. The second kappa shape index (κ2) is 4.66. The number of fused-ring (bicyclic) bond motifs is 1. The normalized spacial score (nSPS) is 21.6. The number of anilines is 1. The van der Waals surface area contributed by atoms with E-state index in [9.17, 15) is 8.42 Å². The third kappa shape index (κ3) is 2.61. The van der Waals surface area contributed by atoms with E-state index in [0.717, 1.165) is 24.2 Å². The maximum atomic E-state index is 12.1. The second-order valence-electron chi connectivity index (χ2n) is 4.51. The van der Waals surface area contributed by atoms with Crippen molar-refractivity contribution in [2.24, 2.45) is 0 Å². The topological polar surface area (TPSA) is 58.2 Å². The summed E-state index contributed by atoms with van der Waals surface area (Å²) in [6.45, 7) is 2.78. The van der Waals surface area contributed by atoms with Crippen LogP contribution in [0.5, 0.6) is 0 Å². The molecule has 0 aromatic heterocycles. The highest BCUT2D eigenvalue weighted by Gasteiger charge is 2.29. The van der Waals surface area contributed by atoms with Gasteiger partial charge in [-0.3, -0.25) is 0 Å². The molecule has 1 aromatic carbocycles. The SMILES string of the molecule is CNCCC1CS(=O)(=O)c2ccc(C)cc2N1. The van der Waals surface area contributed by atoms with Crippen LogP contribution >= 0.6 is 0 Å². The molecule has 5 heteroatoms. The fourth-order valence-corrected chi connectivity index (χ4v) is 3.81. The summed E-state index contributed by atoms with van der Waals surface area (Å²) in [7, 11) is -1.26. The molecule has 0 saturated heterocycles. The quantitative estimate of drug-likeness (QED) is 0.850. The molecular formula is C12H18N2O2S. The first-order chi connectivity index (χ1) is 8.03. The summed E-state index contributed by atoms with van der Waals surface area (Å²) in [6.07, 6.45) is 0.809. The van der Waals surface area contributed by atoms with Gasteiger partial charge in [0.25, 0.3) is 0 Å². The predicted octanol–water partition coefficient (Wildman–Crippen LogP) is 1.17. The average molecular weight is 254 g/mol. The summed E-state index contributed by atoms with van der Waals surface area (Å²) in [4.78, 5) is 0.434. The molecule has 94 valence electrons. The lowest BCUT2D eigenvalue weighted by atomic mass is 10.1. The van der Waals surface area contributed by atoms with Gasteiger partial charge in [-0.2, -0.15) is 0 Å². The first-order valence-corrected chi connectivity index (χ1v) is 7.43. The average Bonchev–Trinajstić information content (AvgIpc) is 2.24. The molecule has 1 aliphatic heterocycles. The number of benzene rings is 1. The molecule has 0 bridgehead atoms. The predicted molar refractivity (Wildman–Crippen MR) is 69.2 cm³/mol. The molecule has 17 heavy (non-hydrogen) atoms. The second-order valence-corrected chi connectivity index (χ2v) is 6.52. The molecule has 0 fully saturated rings. The van der Waals surface area contributed by atoms with E-state index < -0.39 is 9.84 Å². The summed E-state index contributed by atoms with van der Waals surface area (Å²) < 4.78 is 24.2. The molecule has 0 aliphatic carbocycles. The van der Waals surface area contributed by atoms with Crippen molar-refractivity contribution in [2.75, 3.05) is 24.7 Å². The zero-order valence-corrected chi connectivity index (χ0v) is 11.0. The molecule has 1 atom stereocenters. The van der Waals surface area contributed by atoms with Gasteiger partial charge in [-0.1, -0.05) is 6.07 Å². The third-order valence-corrected chi connectivity index (χ3v) is 4.86. The van der Waals surface area contributed by atoms with Crippen LogP contribution in [0.2, 0.25) is 0 Å². The fraction of sp³-hybridized carbons (Fsp3) is 0.500. The van der Waals surface area contributed by atoms with Crippen molar-refractivity contribution in [3.8, 4) is 0 Å². The van der Waals surface area contributed by atoms with Crippen LogP contribution in [0.3, 0.4) is 0 Å². The van der Waals surface area contributed by atoms with Gasteiger partial charge in [-0.05, 0) is 44.6 Å². The molecule has 1 aromatic rings. The zero-order valence-electron chi connectivity index (χ0n) is 10.2. The summed E-state index contributed by atoms with van der Waals surface area (Å²) >= 11 is 0. The van der Waals surface area contributed by atoms with E-state index in [4.69, 9.17) is 0 Å². The third-order valence-electron chi connectivity index (χ3n) is 2.99. The highest BCUT2D eigenvalue weighted by Crippen LogP contribution is 2.29. The Labute approximate surface area is 102 Å². The van der Waals surface area contributed by atoms with Crippen LogP contribution in [-0.2, 0) is 9.84 Å². The van der Waals surface area contributed by atoms with Crippen LogP contribution in [0.15, 0.2) is 23.1 Å². The molecule has 2 N–H and O–H groups in total. The van der Waals surface area contributed by atoms with Gasteiger partial charge < -0.3 is 10.6 Å².